The van der Waals surface area contributed by atoms with Gasteiger partial charge in [0.25, 0.3) is 5.91 Å². The fraction of sp³-hybridized carbons (Fsp3) is 0.444. The first kappa shape index (κ1) is 13.9. The van der Waals surface area contributed by atoms with Crippen LogP contribution in [0.1, 0.15) is 35.2 Å². The van der Waals surface area contributed by atoms with Crippen LogP contribution >= 0.6 is 0 Å². The fourth-order valence-corrected chi connectivity index (χ4v) is 4.55. The van der Waals surface area contributed by atoms with Crippen molar-refractivity contribution in [3.05, 3.63) is 35.4 Å². The van der Waals surface area contributed by atoms with Crippen molar-refractivity contribution in [3.63, 3.8) is 0 Å². The van der Waals surface area contributed by atoms with Gasteiger partial charge < -0.3 is 19.1 Å². The molecule has 1 aliphatic carbocycles. The average molecular weight is 327 g/mol. The van der Waals surface area contributed by atoms with E-state index in [1.165, 1.54) is 6.92 Å². The number of benzene rings is 1. The Morgan fingerprint density at radius 1 is 1.25 bits per heavy atom. The molecule has 6 heteroatoms. The highest BCUT2D eigenvalue weighted by Crippen LogP contribution is 2.50. The van der Waals surface area contributed by atoms with Crippen molar-refractivity contribution in [2.75, 3.05) is 13.3 Å². The van der Waals surface area contributed by atoms with Crippen LogP contribution < -0.4 is 9.47 Å². The molecule has 0 radical (unpaired) electrons. The topological polar surface area (TPSA) is 65.1 Å². The second-order valence-electron chi connectivity index (χ2n) is 6.72. The molecule has 0 spiro atoms. The predicted octanol–water partition coefficient (Wildman–Crippen LogP) is 1.84. The molecule has 1 saturated heterocycles. The highest BCUT2D eigenvalue weighted by molar-refractivity contribution is 5.99. The Morgan fingerprint density at radius 3 is 2.83 bits per heavy atom. The van der Waals surface area contributed by atoms with Crippen LogP contribution in [0.3, 0.4) is 0 Å². The molecule has 1 fully saturated rings. The number of esters is 1. The summed E-state index contributed by atoms with van der Waals surface area (Å²) in [5.41, 5.74) is 1.53. The number of carbonyl (C=O) groups excluding carboxylic acids is 2. The Bertz CT molecular complexity index is 786. The summed E-state index contributed by atoms with van der Waals surface area (Å²) >= 11 is 0. The number of nitrogens with zero attached hydrogens (tertiary/aromatic N) is 1. The number of amides is 1. The van der Waals surface area contributed by atoms with Crippen LogP contribution in [0.25, 0.3) is 0 Å². The van der Waals surface area contributed by atoms with Crippen molar-refractivity contribution in [2.45, 2.75) is 31.4 Å². The van der Waals surface area contributed by atoms with Crippen molar-refractivity contribution in [1.29, 1.82) is 0 Å². The van der Waals surface area contributed by atoms with Gasteiger partial charge in [-0.1, -0.05) is 6.08 Å². The number of carbonyl (C=O) groups is 2. The van der Waals surface area contributed by atoms with Gasteiger partial charge in [-0.2, -0.15) is 0 Å². The number of fused-ring (bicyclic) bond motifs is 3. The summed E-state index contributed by atoms with van der Waals surface area (Å²) in [6.45, 7) is 2.32. The van der Waals surface area contributed by atoms with E-state index in [0.29, 0.717) is 23.0 Å². The standard InChI is InChI=1S/C18H17NO5/c1-9(20)24-13-3-2-10-4-5-19-17(10)16(13)11-6-14-15(23-8-22-14)7-12(11)18(19)21/h2-3,6-7,10,13,16-17H,4-5,8H2,1H3/t10?,13?,16-,17?/m1/s1. The van der Waals surface area contributed by atoms with Gasteiger partial charge in [0.1, 0.15) is 6.10 Å². The van der Waals surface area contributed by atoms with E-state index < -0.39 is 0 Å². The Kier molecular flexibility index (Phi) is 2.75. The highest BCUT2D eigenvalue weighted by atomic mass is 16.7. The molecule has 1 amide bonds. The summed E-state index contributed by atoms with van der Waals surface area (Å²) in [5.74, 6) is 1.22. The predicted molar refractivity (Wildman–Crippen MR) is 82.9 cm³/mol. The van der Waals surface area contributed by atoms with Crippen molar-refractivity contribution in [3.8, 4) is 11.5 Å². The Labute approximate surface area is 139 Å². The largest absolute Gasteiger partial charge is 0.458 e. The number of hydrogen-bond acceptors (Lipinski definition) is 5. The summed E-state index contributed by atoms with van der Waals surface area (Å²) in [7, 11) is 0. The summed E-state index contributed by atoms with van der Waals surface area (Å²) in [4.78, 5) is 26.4. The molecule has 0 bridgehead atoms. The lowest BCUT2D eigenvalue weighted by atomic mass is 9.72. The maximum absolute atomic E-state index is 13.0. The third-order valence-corrected chi connectivity index (χ3v) is 5.47. The average Bonchev–Trinajstić information content (AvgIpc) is 3.18. The van der Waals surface area contributed by atoms with E-state index in [2.05, 4.69) is 6.08 Å². The summed E-state index contributed by atoms with van der Waals surface area (Å²) in [6, 6.07) is 3.70. The van der Waals surface area contributed by atoms with Crippen LogP contribution in [0.4, 0.5) is 0 Å². The lowest BCUT2D eigenvalue weighted by Gasteiger charge is -2.44. The highest BCUT2D eigenvalue weighted by Gasteiger charge is 2.52. The second kappa shape index (κ2) is 4.75. The number of hydrogen-bond donors (Lipinski definition) is 0. The SMILES string of the molecule is CC(=O)OC1C=CC2CCN3C(=O)c4cc5c(cc4[C@H]1C23)OCO5. The van der Waals surface area contributed by atoms with Crippen molar-refractivity contribution >= 4 is 11.9 Å². The summed E-state index contributed by atoms with van der Waals surface area (Å²) in [5, 5.41) is 0. The van der Waals surface area contributed by atoms with E-state index in [4.69, 9.17) is 14.2 Å². The lowest BCUT2D eigenvalue weighted by molar-refractivity contribution is -0.146. The zero-order valence-electron chi connectivity index (χ0n) is 13.2. The quantitative estimate of drug-likeness (QED) is 0.582. The molecule has 3 heterocycles. The van der Waals surface area contributed by atoms with E-state index in [1.54, 1.807) is 6.07 Å². The molecule has 24 heavy (non-hydrogen) atoms. The van der Waals surface area contributed by atoms with Crippen molar-refractivity contribution < 1.29 is 23.8 Å². The molecule has 124 valence electrons. The molecule has 0 saturated carbocycles. The molecular weight excluding hydrogens is 310 g/mol. The number of rotatable bonds is 1. The minimum atomic E-state index is -0.364. The van der Waals surface area contributed by atoms with Gasteiger partial charge in [-0.05, 0) is 36.1 Å². The van der Waals surface area contributed by atoms with E-state index in [0.717, 1.165) is 18.5 Å². The molecule has 5 rings (SSSR count). The van der Waals surface area contributed by atoms with Gasteiger partial charge in [0.15, 0.2) is 11.5 Å². The van der Waals surface area contributed by atoms with Gasteiger partial charge >= 0.3 is 5.97 Å². The maximum atomic E-state index is 13.0. The smallest absolute Gasteiger partial charge is 0.303 e. The third-order valence-electron chi connectivity index (χ3n) is 5.47. The van der Waals surface area contributed by atoms with E-state index in [-0.39, 0.29) is 36.7 Å². The van der Waals surface area contributed by atoms with Crippen LogP contribution in [0.5, 0.6) is 11.5 Å². The molecule has 0 N–H and O–H groups in total. The molecular formula is C18H17NO5. The fourth-order valence-electron chi connectivity index (χ4n) is 4.55. The zero-order chi connectivity index (χ0) is 16.4. The minimum Gasteiger partial charge on any atom is -0.458 e. The van der Waals surface area contributed by atoms with E-state index >= 15 is 0 Å². The molecule has 4 atom stereocenters. The lowest BCUT2D eigenvalue weighted by Crippen LogP contribution is -2.51. The van der Waals surface area contributed by atoms with Crippen LogP contribution in [0.2, 0.25) is 0 Å². The molecule has 1 aromatic rings. The van der Waals surface area contributed by atoms with Crippen LogP contribution in [0, 0.1) is 5.92 Å². The first-order valence-corrected chi connectivity index (χ1v) is 8.23. The normalized spacial score (nSPS) is 31.7. The molecule has 1 aromatic carbocycles. The van der Waals surface area contributed by atoms with Crippen LogP contribution in [-0.4, -0.2) is 42.3 Å². The van der Waals surface area contributed by atoms with Gasteiger partial charge in [0.05, 0.1) is 0 Å². The minimum absolute atomic E-state index is 0.0314. The molecule has 6 nitrogen and oxygen atoms in total. The van der Waals surface area contributed by atoms with E-state index in [9.17, 15) is 9.59 Å². The van der Waals surface area contributed by atoms with Gasteiger partial charge in [-0.25, -0.2) is 0 Å². The Morgan fingerprint density at radius 2 is 2.04 bits per heavy atom. The van der Waals surface area contributed by atoms with Gasteiger partial charge in [0, 0.05) is 31.0 Å². The Balaban J connectivity index is 1.69. The van der Waals surface area contributed by atoms with Gasteiger partial charge in [0.2, 0.25) is 6.79 Å². The maximum Gasteiger partial charge on any atom is 0.303 e. The van der Waals surface area contributed by atoms with Crippen LogP contribution in [0.15, 0.2) is 24.3 Å². The molecule has 0 aromatic heterocycles. The van der Waals surface area contributed by atoms with Crippen molar-refractivity contribution in [2.24, 2.45) is 5.92 Å². The zero-order valence-corrected chi connectivity index (χ0v) is 13.2. The second-order valence-corrected chi connectivity index (χ2v) is 6.72. The number of ether oxygens (including phenoxy) is 3. The molecule has 3 aliphatic heterocycles. The van der Waals surface area contributed by atoms with E-state index in [1.807, 2.05) is 17.0 Å². The third kappa shape index (κ3) is 1.76. The monoisotopic (exact) mass is 327 g/mol. The Hall–Kier alpha value is -2.50. The summed E-state index contributed by atoms with van der Waals surface area (Å²) in [6.07, 6.45) is 4.65. The van der Waals surface area contributed by atoms with Gasteiger partial charge in [-0.3, -0.25) is 9.59 Å². The molecule has 3 unspecified atom stereocenters. The van der Waals surface area contributed by atoms with Crippen LogP contribution in [-0.2, 0) is 9.53 Å². The summed E-state index contributed by atoms with van der Waals surface area (Å²) < 4.78 is 16.5. The van der Waals surface area contributed by atoms with Gasteiger partial charge in [-0.15, -0.1) is 0 Å². The first-order valence-electron chi connectivity index (χ1n) is 8.23. The molecule has 4 aliphatic rings. The first-order chi connectivity index (χ1) is 11.6. The van der Waals surface area contributed by atoms with Crippen molar-refractivity contribution in [1.82, 2.24) is 4.90 Å².